The first-order valence-corrected chi connectivity index (χ1v) is 19.0. The zero-order valence-corrected chi connectivity index (χ0v) is 31.7. The molecule has 0 saturated heterocycles. The lowest BCUT2D eigenvalue weighted by Crippen LogP contribution is -2.12. The second-order valence-electron chi connectivity index (χ2n) is 13.1. The van der Waals surface area contributed by atoms with Crippen LogP contribution in [0.1, 0.15) is 89.1 Å². The highest BCUT2D eigenvalue weighted by molar-refractivity contribution is 6.35. The molecule has 6 aromatic rings. The number of hydrogen-bond acceptors (Lipinski definition) is 3. The molecule has 0 spiro atoms. The maximum absolute atomic E-state index is 11.5. The Morgan fingerprint density at radius 1 is 0.692 bits per heavy atom. The van der Waals surface area contributed by atoms with E-state index in [9.17, 15) is 15.0 Å². The molecule has 0 aliphatic heterocycles. The number of rotatable bonds is 7. The number of aliphatic hydroxyl groups is 1. The number of aromatic carboxylic acids is 1. The van der Waals surface area contributed by atoms with Gasteiger partial charge in [0, 0.05) is 39.8 Å². The van der Waals surface area contributed by atoms with E-state index in [0.717, 1.165) is 63.6 Å². The summed E-state index contributed by atoms with van der Waals surface area (Å²) < 4.78 is 10.1. The van der Waals surface area contributed by atoms with Crippen molar-refractivity contribution in [2.24, 2.45) is 0 Å². The van der Waals surface area contributed by atoms with Crippen LogP contribution >= 0.6 is 23.2 Å². The first-order chi connectivity index (χ1) is 25.3. The third-order valence-corrected chi connectivity index (χ3v) is 10.9. The van der Waals surface area contributed by atoms with Crippen molar-refractivity contribution < 1.29 is 19.7 Å². The predicted octanol–water partition coefficient (Wildman–Crippen LogP) is 11.7. The number of para-hydroxylation sites is 2. The van der Waals surface area contributed by atoms with E-state index < -0.39 is 5.97 Å². The maximum Gasteiger partial charge on any atom is 0.336 e. The van der Waals surface area contributed by atoms with Crippen molar-refractivity contribution >= 4 is 56.7 Å². The van der Waals surface area contributed by atoms with Crippen LogP contribution in [0.25, 0.3) is 27.6 Å². The molecule has 2 N–H and O–H groups in total. The van der Waals surface area contributed by atoms with Gasteiger partial charge in [0.15, 0.2) is 0 Å². The Morgan fingerprint density at radius 3 is 1.73 bits per heavy atom. The minimum absolute atomic E-state index is 0.0512. The van der Waals surface area contributed by atoms with Crippen LogP contribution in [-0.2, 0) is 38.8 Å². The molecule has 2 aliphatic rings. The van der Waals surface area contributed by atoms with Crippen LogP contribution in [0, 0.1) is 0 Å². The third kappa shape index (κ3) is 7.07. The Kier molecular flexibility index (Phi) is 11.7. The van der Waals surface area contributed by atoms with Gasteiger partial charge in [-0.25, -0.2) is 4.79 Å². The highest BCUT2D eigenvalue weighted by Gasteiger charge is 2.24. The maximum atomic E-state index is 11.5. The van der Waals surface area contributed by atoms with Crippen molar-refractivity contribution in [1.29, 1.82) is 0 Å². The Balaban J connectivity index is 0.000000171. The molecule has 8 heteroatoms. The van der Waals surface area contributed by atoms with Crippen LogP contribution in [0.4, 0.5) is 0 Å². The lowest BCUT2D eigenvalue weighted by molar-refractivity contribution is 0.0695. The van der Waals surface area contributed by atoms with E-state index >= 15 is 0 Å². The third-order valence-electron chi connectivity index (χ3n) is 10.2. The van der Waals surface area contributed by atoms with Crippen molar-refractivity contribution in [3.8, 4) is 5.75 Å². The van der Waals surface area contributed by atoms with Gasteiger partial charge in [-0.05, 0) is 92.3 Å². The van der Waals surface area contributed by atoms with Crippen LogP contribution in [0.2, 0.25) is 10.0 Å². The van der Waals surface area contributed by atoms with Crippen molar-refractivity contribution in [2.45, 2.75) is 78.3 Å². The summed E-state index contributed by atoms with van der Waals surface area (Å²) in [4.78, 5) is 11.5. The monoisotopic (exact) mass is 736 g/mol. The molecule has 52 heavy (non-hydrogen) atoms. The number of carboxylic acid groups (broad SMARTS) is 1. The van der Waals surface area contributed by atoms with E-state index in [1.54, 1.807) is 19.2 Å². The molecule has 0 amide bonds. The summed E-state index contributed by atoms with van der Waals surface area (Å²) in [5.41, 5.74) is 10.4. The van der Waals surface area contributed by atoms with Crippen LogP contribution in [0.3, 0.4) is 0 Å². The number of carbonyl (C=O) groups is 1. The summed E-state index contributed by atoms with van der Waals surface area (Å²) in [7, 11) is 1.65. The van der Waals surface area contributed by atoms with E-state index in [0.29, 0.717) is 24.2 Å². The summed E-state index contributed by atoms with van der Waals surface area (Å²) in [6, 6.07) is 25.0. The summed E-state index contributed by atoms with van der Waals surface area (Å²) in [6.07, 6.45) is 9.00. The first-order valence-electron chi connectivity index (χ1n) is 18.2. The molecule has 0 atom stereocenters. The largest absolute Gasteiger partial charge is 0.508 e. The molecule has 0 radical (unpaired) electrons. The number of hydrogen-bond donors (Lipinski definition) is 2. The first kappa shape index (κ1) is 37.1. The molecule has 4 aromatic carbocycles. The molecule has 0 unspecified atom stereocenters. The minimum Gasteiger partial charge on any atom is -0.508 e. The fourth-order valence-electron chi connectivity index (χ4n) is 8.03. The second kappa shape index (κ2) is 16.4. The van der Waals surface area contributed by atoms with Gasteiger partial charge >= 0.3 is 5.97 Å². The minimum atomic E-state index is -0.887. The molecule has 8 rings (SSSR count). The Morgan fingerprint density at radius 2 is 1.19 bits per heavy atom. The molecule has 2 heterocycles. The molecule has 2 aromatic heterocycles. The highest BCUT2D eigenvalue weighted by atomic mass is 35.5. The number of carboxylic acids is 1. The van der Waals surface area contributed by atoms with Gasteiger partial charge in [0.2, 0.25) is 0 Å². The van der Waals surface area contributed by atoms with Gasteiger partial charge in [-0.15, -0.1) is 0 Å². The Bertz CT molecular complexity index is 2260. The second-order valence-corrected chi connectivity index (χ2v) is 13.9. The normalized spacial score (nSPS) is 13.3. The quantitative estimate of drug-likeness (QED) is 0.160. The van der Waals surface area contributed by atoms with Gasteiger partial charge in [0.05, 0.1) is 40.3 Å². The number of aromatic nitrogens is 2. The van der Waals surface area contributed by atoms with Crippen molar-refractivity contribution in [1.82, 2.24) is 9.13 Å². The molecule has 2 aliphatic carbocycles. The van der Waals surface area contributed by atoms with Gasteiger partial charge < -0.3 is 24.1 Å². The van der Waals surface area contributed by atoms with E-state index in [2.05, 4.69) is 27.8 Å². The standard InChI is InChI=1S/C22H22ClNO2.C20H18ClNO2.C2H6/c1-14(25)15-8-6-12-21(26-2)18(15)13-24-20-11-4-3-7-16(20)17-9-5-10-19(23)22(17)24;21-17-10-5-9-16-15-8-3-4-11-18(15)22(19(16)17)12-13-6-1-2-7-14(13)20(23)24;1-2/h5-6,8-10,12,25H,1,3-4,7,11,13H2,2H3;1-2,5-7,9-10H,3-4,8,11-12H2,(H,23,24);1-2H3. The SMILES string of the molecule is C=C(O)c1cccc(OC)c1Cn1c2c(c3cccc(Cl)c31)CCCC2.CC.O=C(O)c1ccccc1Cn1c2c(c3cccc(Cl)c31)CCCC2. The van der Waals surface area contributed by atoms with Gasteiger partial charge in [-0.2, -0.15) is 0 Å². The molecule has 0 saturated carbocycles. The van der Waals surface area contributed by atoms with Crippen molar-refractivity contribution in [3.05, 3.63) is 140 Å². The van der Waals surface area contributed by atoms with Crippen LogP contribution in [0.15, 0.2) is 85.4 Å². The zero-order chi connectivity index (χ0) is 36.9. The fraction of sp³-hybridized carbons (Fsp3) is 0.295. The van der Waals surface area contributed by atoms with E-state index in [1.165, 1.54) is 59.0 Å². The average Bonchev–Trinajstić information content (AvgIpc) is 3.66. The summed E-state index contributed by atoms with van der Waals surface area (Å²) in [5, 5.41) is 23.5. The number of aryl methyl sites for hydroxylation is 2. The summed E-state index contributed by atoms with van der Waals surface area (Å²) in [6.45, 7) is 8.85. The fourth-order valence-corrected chi connectivity index (χ4v) is 8.58. The zero-order valence-electron chi connectivity index (χ0n) is 30.1. The van der Waals surface area contributed by atoms with Gasteiger partial charge in [0.25, 0.3) is 0 Å². The summed E-state index contributed by atoms with van der Waals surface area (Å²) in [5.74, 6) is -0.0893. The summed E-state index contributed by atoms with van der Waals surface area (Å²) >= 11 is 13.1. The lowest BCUT2D eigenvalue weighted by atomic mass is 9.95. The topological polar surface area (TPSA) is 76.6 Å². The Labute approximate surface area is 315 Å². The van der Waals surface area contributed by atoms with Gasteiger partial charge in [-0.3, -0.25) is 0 Å². The number of fused-ring (bicyclic) bond motifs is 6. The number of nitrogens with zero attached hydrogens (tertiary/aromatic N) is 2. The number of halogens is 2. The number of benzene rings is 4. The average molecular weight is 738 g/mol. The molecular weight excluding hydrogens is 691 g/mol. The predicted molar refractivity (Wildman–Crippen MR) is 215 cm³/mol. The molecule has 0 bridgehead atoms. The van der Waals surface area contributed by atoms with Gasteiger partial charge in [-0.1, -0.05) is 98.2 Å². The molecule has 270 valence electrons. The van der Waals surface area contributed by atoms with E-state index in [-0.39, 0.29) is 5.76 Å². The van der Waals surface area contributed by atoms with E-state index in [4.69, 9.17) is 27.9 Å². The highest BCUT2D eigenvalue weighted by Crippen LogP contribution is 2.39. The van der Waals surface area contributed by atoms with Crippen LogP contribution in [-0.4, -0.2) is 32.4 Å². The number of ether oxygens (including phenoxy) is 1. The van der Waals surface area contributed by atoms with E-state index in [1.807, 2.05) is 68.4 Å². The van der Waals surface area contributed by atoms with Gasteiger partial charge in [0.1, 0.15) is 11.5 Å². The number of aliphatic hydroxyl groups excluding tert-OH is 1. The van der Waals surface area contributed by atoms with Crippen LogP contribution in [0.5, 0.6) is 5.75 Å². The molecular formula is C44H46Cl2N2O4. The Hall–Kier alpha value is -4.65. The smallest absolute Gasteiger partial charge is 0.336 e. The lowest BCUT2D eigenvalue weighted by Gasteiger charge is -2.19. The van der Waals surface area contributed by atoms with Crippen molar-refractivity contribution in [2.75, 3.05) is 7.11 Å². The van der Waals surface area contributed by atoms with Crippen LogP contribution < -0.4 is 4.74 Å². The van der Waals surface area contributed by atoms with Crippen molar-refractivity contribution in [3.63, 3.8) is 0 Å². The number of methoxy groups -OCH3 is 1. The molecule has 6 nitrogen and oxygen atoms in total. The molecule has 0 fully saturated rings.